The van der Waals surface area contributed by atoms with Gasteiger partial charge in [-0.1, -0.05) is 46.7 Å². The number of benzene rings is 1. The van der Waals surface area contributed by atoms with E-state index < -0.39 is 0 Å². The number of tetrazole rings is 1. The van der Waals surface area contributed by atoms with Crippen molar-refractivity contribution < 1.29 is 4.52 Å². The number of aryl methyl sites for hydroxylation is 1. The molecule has 0 radical (unpaired) electrons. The number of nitrogens with zero attached hydrogens (tertiary/aromatic N) is 6. The Kier molecular flexibility index (Phi) is 4.57. The van der Waals surface area contributed by atoms with E-state index in [4.69, 9.17) is 4.52 Å². The first-order valence-corrected chi connectivity index (χ1v) is 9.45. The zero-order valence-electron chi connectivity index (χ0n) is 13.4. The van der Waals surface area contributed by atoms with Crippen LogP contribution in [0.2, 0.25) is 0 Å². The summed E-state index contributed by atoms with van der Waals surface area (Å²) in [6.07, 6.45) is 0. The first-order chi connectivity index (χ1) is 12.3. The van der Waals surface area contributed by atoms with Crippen LogP contribution in [0.4, 0.5) is 0 Å². The predicted octanol–water partition coefficient (Wildman–Crippen LogP) is 3.43. The average Bonchev–Trinajstić information content (AvgIpc) is 3.36. The number of thiophene rings is 1. The van der Waals surface area contributed by atoms with Gasteiger partial charge in [-0.3, -0.25) is 0 Å². The van der Waals surface area contributed by atoms with Crippen LogP contribution in [0.5, 0.6) is 0 Å². The molecule has 0 fully saturated rings. The first kappa shape index (κ1) is 16.0. The number of rotatable bonds is 6. The lowest BCUT2D eigenvalue weighted by Crippen LogP contribution is -2.02. The Morgan fingerprint density at radius 1 is 1.24 bits per heavy atom. The van der Waals surface area contributed by atoms with E-state index in [9.17, 15) is 0 Å². The summed E-state index contributed by atoms with van der Waals surface area (Å²) >= 11 is 3.16. The first-order valence-electron chi connectivity index (χ1n) is 7.59. The fourth-order valence-electron chi connectivity index (χ4n) is 2.29. The fourth-order valence-corrected chi connectivity index (χ4v) is 3.69. The molecule has 9 heteroatoms. The van der Waals surface area contributed by atoms with Crippen molar-refractivity contribution in [1.29, 1.82) is 0 Å². The minimum atomic E-state index is 0.517. The molecule has 3 aromatic heterocycles. The maximum Gasteiger partial charge on any atom is 0.237 e. The van der Waals surface area contributed by atoms with Crippen LogP contribution in [-0.2, 0) is 12.3 Å². The average molecular weight is 370 g/mol. The molecule has 4 rings (SSSR count). The third-order valence-corrected chi connectivity index (χ3v) is 5.26. The minimum absolute atomic E-state index is 0.517. The van der Waals surface area contributed by atoms with Crippen LogP contribution in [0.25, 0.3) is 11.4 Å². The van der Waals surface area contributed by atoms with E-state index in [1.165, 1.54) is 16.6 Å². The summed E-state index contributed by atoms with van der Waals surface area (Å²) in [6.45, 7) is 2.69. The zero-order valence-corrected chi connectivity index (χ0v) is 15.0. The van der Waals surface area contributed by atoms with Crippen molar-refractivity contribution in [1.82, 2.24) is 30.3 Å². The van der Waals surface area contributed by atoms with Gasteiger partial charge in [0.25, 0.3) is 0 Å². The molecule has 0 saturated heterocycles. The van der Waals surface area contributed by atoms with E-state index >= 15 is 0 Å². The molecule has 3 heterocycles. The van der Waals surface area contributed by atoms with Crippen molar-refractivity contribution in [2.24, 2.45) is 0 Å². The Hall–Kier alpha value is -2.52. The normalized spacial score (nSPS) is 11.1. The summed E-state index contributed by atoms with van der Waals surface area (Å²) in [7, 11) is 0. The Morgan fingerprint density at radius 2 is 2.20 bits per heavy atom. The van der Waals surface area contributed by atoms with Crippen molar-refractivity contribution in [3.8, 4) is 11.4 Å². The molecular weight excluding hydrogens is 356 g/mol. The van der Waals surface area contributed by atoms with E-state index in [1.807, 2.05) is 42.6 Å². The smallest absolute Gasteiger partial charge is 0.237 e. The molecule has 1 aromatic carbocycles. The van der Waals surface area contributed by atoms with Gasteiger partial charge in [0, 0.05) is 10.4 Å². The highest BCUT2D eigenvalue weighted by Crippen LogP contribution is 2.23. The van der Waals surface area contributed by atoms with E-state index in [2.05, 4.69) is 31.7 Å². The predicted molar refractivity (Wildman–Crippen MR) is 95.3 cm³/mol. The lowest BCUT2D eigenvalue weighted by atomic mass is 10.1. The summed E-state index contributed by atoms with van der Waals surface area (Å²) in [5, 5.41) is 18.7. The summed E-state index contributed by atoms with van der Waals surface area (Å²) in [5.41, 5.74) is 2.11. The molecule has 0 atom stereocenters. The summed E-state index contributed by atoms with van der Waals surface area (Å²) in [5.74, 6) is 1.66. The molecule has 0 amide bonds. The molecule has 0 N–H and O–H groups in total. The minimum Gasteiger partial charge on any atom is -0.338 e. The van der Waals surface area contributed by atoms with Gasteiger partial charge in [-0.2, -0.15) is 4.98 Å². The molecule has 0 spiro atoms. The summed E-state index contributed by atoms with van der Waals surface area (Å²) in [6, 6.07) is 12.1. The third-order valence-electron chi connectivity index (χ3n) is 3.45. The van der Waals surface area contributed by atoms with Crippen LogP contribution in [0.1, 0.15) is 16.3 Å². The summed E-state index contributed by atoms with van der Waals surface area (Å²) < 4.78 is 7.12. The van der Waals surface area contributed by atoms with Crippen LogP contribution in [0.3, 0.4) is 0 Å². The third kappa shape index (κ3) is 3.77. The second-order valence-corrected chi connectivity index (χ2v) is 7.34. The van der Waals surface area contributed by atoms with Gasteiger partial charge in [0.05, 0.1) is 12.3 Å². The van der Waals surface area contributed by atoms with Gasteiger partial charge >= 0.3 is 0 Å². The number of thioether (sulfide) groups is 1. The number of aromatic nitrogens is 6. The Balaban J connectivity index is 1.43. The van der Waals surface area contributed by atoms with Gasteiger partial charge in [0.15, 0.2) is 0 Å². The van der Waals surface area contributed by atoms with Crippen molar-refractivity contribution in [2.45, 2.75) is 24.4 Å². The highest BCUT2D eigenvalue weighted by atomic mass is 32.2. The second-order valence-electron chi connectivity index (χ2n) is 5.37. The molecule has 25 heavy (non-hydrogen) atoms. The van der Waals surface area contributed by atoms with Crippen LogP contribution in [0, 0.1) is 6.92 Å². The second kappa shape index (κ2) is 7.16. The topological polar surface area (TPSA) is 82.5 Å². The molecule has 0 aliphatic carbocycles. The lowest BCUT2D eigenvalue weighted by molar-refractivity contribution is 0.391. The van der Waals surface area contributed by atoms with Gasteiger partial charge in [-0.15, -0.1) is 16.4 Å². The number of hydrogen-bond donors (Lipinski definition) is 0. The van der Waals surface area contributed by atoms with Crippen LogP contribution < -0.4 is 0 Å². The highest BCUT2D eigenvalue weighted by Gasteiger charge is 2.13. The lowest BCUT2D eigenvalue weighted by Gasteiger charge is -2.00. The standard InChI is InChI=1S/C16H14N6OS2/c1-11-4-2-5-12(8-11)15-17-14(23-19-15)10-25-16-18-20-21-22(16)9-13-6-3-7-24-13/h2-8H,9-10H2,1H3. The largest absolute Gasteiger partial charge is 0.338 e. The summed E-state index contributed by atoms with van der Waals surface area (Å²) in [4.78, 5) is 5.65. The van der Waals surface area contributed by atoms with Crippen LogP contribution in [0.15, 0.2) is 51.5 Å². The molecule has 4 aromatic rings. The molecule has 0 saturated carbocycles. The molecule has 0 unspecified atom stereocenters. The van der Waals surface area contributed by atoms with Crippen LogP contribution >= 0.6 is 23.1 Å². The van der Waals surface area contributed by atoms with Gasteiger partial charge in [-0.25, -0.2) is 4.68 Å². The molecule has 126 valence electrons. The van der Waals surface area contributed by atoms with Crippen LogP contribution in [-0.4, -0.2) is 30.3 Å². The maximum absolute atomic E-state index is 5.35. The van der Waals surface area contributed by atoms with E-state index in [0.717, 1.165) is 16.3 Å². The molecule has 7 nitrogen and oxygen atoms in total. The monoisotopic (exact) mass is 370 g/mol. The fraction of sp³-hybridized carbons (Fsp3) is 0.188. The van der Waals surface area contributed by atoms with E-state index in [1.54, 1.807) is 16.0 Å². The Labute approximate surface area is 152 Å². The Morgan fingerprint density at radius 3 is 3.04 bits per heavy atom. The maximum atomic E-state index is 5.35. The van der Waals surface area contributed by atoms with Crippen molar-refractivity contribution in [3.63, 3.8) is 0 Å². The van der Waals surface area contributed by atoms with Gasteiger partial charge < -0.3 is 4.52 Å². The highest BCUT2D eigenvalue weighted by molar-refractivity contribution is 7.98. The molecular formula is C16H14N6OS2. The van der Waals surface area contributed by atoms with Gasteiger partial charge in [0.2, 0.25) is 16.9 Å². The van der Waals surface area contributed by atoms with E-state index in [-0.39, 0.29) is 0 Å². The molecule has 0 aliphatic heterocycles. The number of hydrogen-bond acceptors (Lipinski definition) is 8. The SMILES string of the molecule is Cc1cccc(-c2noc(CSc3nnnn3Cc3cccs3)n2)c1. The van der Waals surface area contributed by atoms with E-state index in [0.29, 0.717) is 24.0 Å². The molecule has 0 bridgehead atoms. The van der Waals surface area contributed by atoms with Crippen molar-refractivity contribution >= 4 is 23.1 Å². The van der Waals surface area contributed by atoms with Gasteiger partial charge in [0.1, 0.15) is 0 Å². The van der Waals surface area contributed by atoms with Gasteiger partial charge in [-0.05, 0) is 34.9 Å². The molecule has 0 aliphatic rings. The van der Waals surface area contributed by atoms with Crippen molar-refractivity contribution in [2.75, 3.05) is 0 Å². The Bertz CT molecular complexity index is 963. The zero-order chi connectivity index (χ0) is 17.1. The quantitative estimate of drug-likeness (QED) is 0.481. The van der Waals surface area contributed by atoms with Crippen molar-refractivity contribution in [3.05, 3.63) is 58.1 Å².